The van der Waals surface area contributed by atoms with Crippen LogP contribution in [0.4, 0.5) is 0 Å². The largest absolute Gasteiger partial charge is 0.377 e. The van der Waals surface area contributed by atoms with Gasteiger partial charge in [-0.1, -0.05) is 17.8 Å². The number of hydrogen-bond acceptors (Lipinski definition) is 4. The van der Waals surface area contributed by atoms with Crippen molar-refractivity contribution in [3.8, 4) is 0 Å². The molecule has 1 aromatic heterocycles. The Bertz CT molecular complexity index is 312. The van der Waals surface area contributed by atoms with Crippen LogP contribution < -0.4 is 5.73 Å². The van der Waals surface area contributed by atoms with Crippen LogP contribution in [-0.4, -0.2) is 22.6 Å². The summed E-state index contributed by atoms with van der Waals surface area (Å²) < 4.78 is 0. The lowest BCUT2D eigenvalue weighted by Crippen LogP contribution is -2.03. The molecule has 6 heteroatoms. The van der Waals surface area contributed by atoms with Gasteiger partial charge in [0.15, 0.2) is 5.17 Å². The Labute approximate surface area is 104 Å². The summed E-state index contributed by atoms with van der Waals surface area (Å²) in [4.78, 5) is 4.04. The maximum absolute atomic E-state index is 5.42. The standard InChI is InChI=1S/C8H10N4S.HI/c1-13-8(9)12-11-6-7-4-2-3-5-10-7;/h2-6H,1H3,(H2,9,12);1H/b11-6+;. The van der Waals surface area contributed by atoms with Gasteiger partial charge in [-0.2, -0.15) is 5.10 Å². The molecule has 1 aromatic rings. The first kappa shape index (κ1) is 13.4. The van der Waals surface area contributed by atoms with Crippen LogP contribution in [-0.2, 0) is 0 Å². The quantitative estimate of drug-likeness (QED) is 0.390. The summed E-state index contributed by atoms with van der Waals surface area (Å²) in [6.07, 6.45) is 5.10. The monoisotopic (exact) mass is 322 g/mol. The van der Waals surface area contributed by atoms with Crippen molar-refractivity contribution in [1.82, 2.24) is 4.98 Å². The smallest absolute Gasteiger partial charge is 0.180 e. The minimum atomic E-state index is 0. The van der Waals surface area contributed by atoms with Gasteiger partial charge >= 0.3 is 0 Å². The van der Waals surface area contributed by atoms with E-state index in [0.29, 0.717) is 5.17 Å². The van der Waals surface area contributed by atoms with Crippen LogP contribution in [0.5, 0.6) is 0 Å². The fraction of sp³-hybridized carbons (Fsp3) is 0.125. The predicted octanol–water partition coefficient (Wildman–Crippen LogP) is 1.71. The molecule has 4 nitrogen and oxygen atoms in total. The molecule has 1 heterocycles. The van der Waals surface area contributed by atoms with E-state index in [1.165, 1.54) is 11.8 Å². The summed E-state index contributed by atoms with van der Waals surface area (Å²) in [6, 6.07) is 5.57. The fourth-order valence-electron chi connectivity index (χ4n) is 0.638. The van der Waals surface area contributed by atoms with Crippen LogP contribution in [0.15, 0.2) is 34.6 Å². The highest BCUT2D eigenvalue weighted by molar-refractivity contribution is 14.0. The molecule has 0 aromatic carbocycles. The van der Waals surface area contributed by atoms with E-state index >= 15 is 0 Å². The molecule has 0 amide bonds. The molecule has 0 saturated heterocycles. The maximum Gasteiger partial charge on any atom is 0.180 e. The Balaban J connectivity index is 0.00000169. The van der Waals surface area contributed by atoms with Crippen LogP contribution in [0.3, 0.4) is 0 Å². The minimum absolute atomic E-state index is 0. The number of pyridine rings is 1. The van der Waals surface area contributed by atoms with Gasteiger partial charge in [-0.25, -0.2) is 0 Å². The van der Waals surface area contributed by atoms with Gasteiger partial charge in [0.1, 0.15) is 0 Å². The van der Waals surface area contributed by atoms with Crippen molar-refractivity contribution >= 4 is 47.1 Å². The first-order valence-corrected chi connectivity index (χ1v) is 4.87. The molecular formula is C8H11IN4S. The fourth-order valence-corrected chi connectivity index (χ4v) is 0.767. The van der Waals surface area contributed by atoms with Crippen LogP contribution >= 0.6 is 35.7 Å². The van der Waals surface area contributed by atoms with Crippen molar-refractivity contribution < 1.29 is 0 Å². The molecule has 0 radical (unpaired) electrons. The van der Waals surface area contributed by atoms with Gasteiger partial charge in [0, 0.05) is 6.20 Å². The van der Waals surface area contributed by atoms with E-state index in [1.54, 1.807) is 12.4 Å². The Hall–Kier alpha value is -0.630. The first-order chi connectivity index (χ1) is 6.33. The second-order valence-corrected chi connectivity index (χ2v) is 2.97. The van der Waals surface area contributed by atoms with Gasteiger partial charge in [0.25, 0.3) is 0 Å². The summed E-state index contributed by atoms with van der Waals surface area (Å²) >= 11 is 1.35. The number of aromatic nitrogens is 1. The van der Waals surface area contributed by atoms with E-state index in [4.69, 9.17) is 5.73 Å². The van der Waals surface area contributed by atoms with Crippen LogP contribution in [0.25, 0.3) is 0 Å². The Morgan fingerprint density at radius 2 is 2.36 bits per heavy atom. The van der Waals surface area contributed by atoms with E-state index in [9.17, 15) is 0 Å². The highest BCUT2D eigenvalue weighted by Gasteiger charge is 1.85. The summed E-state index contributed by atoms with van der Waals surface area (Å²) in [5, 5.41) is 7.93. The van der Waals surface area contributed by atoms with Gasteiger partial charge in [0.05, 0.1) is 11.9 Å². The number of rotatable bonds is 2. The van der Waals surface area contributed by atoms with E-state index in [-0.39, 0.29) is 24.0 Å². The SMILES string of the molecule is CSC(N)=N/N=C/c1ccccn1.I. The Morgan fingerprint density at radius 3 is 2.93 bits per heavy atom. The summed E-state index contributed by atoms with van der Waals surface area (Å²) in [5.74, 6) is 0. The third-order valence-electron chi connectivity index (χ3n) is 1.24. The van der Waals surface area contributed by atoms with Crippen LogP contribution in [0.1, 0.15) is 5.69 Å². The average Bonchev–Trinajstić information content (AvgIpc) is 2.19. The second-order valence-electron chi connectivity index (χ2n) is 2.14. The van der Waals surface area contributed by atoms with Crippen molar-refractivity contribution in [3.05, 3.63) is 30.1 Å². The number of thioether (sulfide) groups is 1. The van der Waals surface area contributed by atoms with Crippen molar-refractivity contribution in [2.45, 2.75) is 0 Å². The van der Waals surface area contributed by atoms with Crippen LogP contribution in [0.2, 0.25) is 0 Å². The highest BCUT2D eigenvalue weighted by Crippen LogP contribution is 1.92. The van der Waals surface area contributed by atoms with Gasteiger partial charge in [-0.05, 0) is 18.4 Å². The molecule has 76 valence electrons. The van der Waals surface area contributed by atoms with Crippen LogP contribution in [0, 0.1) is 0 Å². The number of hydrogen-bond donors (Lipinski definition) is 1. The molecule has 0 unspecified atom stereocenters. The number of halogens is 1. The molecule has 2 N–H and O–H groups in total. The number of nitrogens with zero attached hydrogens (tertiary/aromatic N) is 3. The molecule has 14 heavy (non-hydrogen) atoms. The zero-order valence-electron chi connectivity index (χ0n) is 7.62. The lowest BCUT2D eigenvalue weighted by Gasteiger charge is -1.89. The summed E-state index contributed by atoms with van der Waals surface area (Å²) in [5.41, 5.74) is 6.18. The molecular weight excluding hydrogens is 311 g/mol. The molecule has 0 bridgehead atoms. The zero-order valence-corrected chi connectivity index (χ0v) is 10.8. The van der Waals surface area contributed by atoms with Gasteiger partial charge in [-0.3, -0.25) is 4.98 Å². The predicted molar refractivity (Wildman–Crippen MR) is 72.4 cm³/mol. The number of amidine groups is 1. The average molecular weight is 322 g/mol. The molecule has 1 rings (SSSR count). The molecule has 0 fully saturated rings. The van der Waals surface area contributed by atoms with Crippen molar-refractivity contribution in [2.24, 2.45) is 15.9 Å². The highest BCUT2D eigenvalue weighted by atomic mass is 127. The Kier molecular flexibility index (Phi) is 7.40. The third kappa shape index (κ3) is 5.18. The summed E-state index contributed by atoms with van der Waals surface area (Å²) in [6.45, 7) is 0. The normalized spacial score (nSPS) is 11.4. The van der Waals surface area contributed by atoms with Crippen molar-refractivity contribution in [1.29, 1.82) is 0 Å². The first-order valence-electron chi connectivity index (χ1n) is 3.64. The molecule has 0 aliphatic rings. The molecule has 0 spiro atoms. The van der Waals surface area contributed by atoms with E-state index in [2.05, 4.69) is 15.2 Å². The second kappa shape index (κ2) is 7.74. The molecule has 0 aliphatic carbocycles. The summed E-state index contributed by atoms with van der Waals surface area (Å²) in [7, 11) is 0. The third-order valence-corrected chi connectivity index (χ3v) is 1.74. The van der Waals surface area contributed by atoms with Gasteiger partial charge < -0.3 is 5.73 Å². The molecule has 0 aliphatic heterocycles. The van der Waals surface area contributed by atoms with Crippen molar-refractivity contribution in [2.75, 3.05) is 6.26 Å². The minimum Gasteiger partial charge on any atom is -0.377 e. The van der Waals surface area contributed by atoms with Gasteiger partial charge in [0.2, 0.25) is 0 Å². The zero-order chi connectivity index (χ0) is 9.52. The lowest BCUT2D eigenvalue weighted by atomic mass is 10.4. The van der Waals surface area contributed by atoms with E-state index in [1.807, 2.05) is 24.5 Å². The van der Waals surface area contributed by atoms with E-state index in [0.717, 1.165) is 5.69 Å². The lowest BCUT2D eigenvalue weighted by molar-refractivity contribution is 1.23. The van der Waals surface area contributed by atoms with E-state index < -0.39 is 0 Å². The van der Waals surface area contributed by atoms with Gasteiger partial charge in [-0.15, -0.1) is 29.1 Å². The molecule has 0 saturated carbocycles. The number of nitrogens with two attached hydrogens (primary N) is 1. The molecule has 0 atom stereocenters. The van der Waals surface area contributed by atoms with Crippen molar-refractivity contribution in [3.63, 3.8) is 0 Å². The topological polar surface area (TPSA) is 63.6 Å². The Morgan fingerprint density at radius 1 is 1.57 bits per heavy atom. The maximum atomic E-state index is 5.42.